The van der Waals surface area contributed by atoms with Crippen LogP contribution in [0.5, 0.6) is 0 Å². The monoisotopic (exact) mass is 380 g/mol. The summed E-state index contributed by atoms with van der Waals surface area (Å²) < 4.78 is 7.72. The fourth-order valence-electron chi connectivity index (χ4n) is 3.12. The molecular formula is C22H28N4O2. The van der Waals surface area contributed by atoms with Gasteiger partial charge in [-0.25, -0.2) is 9.67 Å². The van der Waals surface area contributed by atoms with E-state index in [-0.39, 0.29) is 18.1 Å². The second kappa shape index (κ2) is 8.97. The van der Waals surface area contributed by atoms with Gasteiger partial charge in [0.15, 0.2) is 5.65 Å². The molecule has 6 nitrogen and oxygen atoms in total. The van der Waals surface area contributed by atoms with Crippen molar-refractivity contribution in [3.63, 3.8) is 0 Å². The quantitative estimate of drug-likeness (QED) is 0.594. The van der Waals surface area contributed by atoms with Crippen molar-refractivity contribution < 1.29 is 9.53 Å². The molecule has 1 amide bonds. The van der Waals surface area contributed by atoms with E-state index in [0.717, 1.165) is 23.0 Å². The van der Waals surface area contributed by atoms with E-state index >= 15 is 0 Å². The summed E-state index contributed by atoms with van der Waals surface area (Å²) in [4.78, 5) is 17.1. The smallest absolute Gasteiger partial charge is 0.253 e. The zero-order valence-electron chi connectivity index (χ0n) is 17.0. The van der Waals surface area contributed by atoms with E-state index in [4.69, 9.17) is 4.74 Å². The number of rotatable bonds is 8. The highest BCUT2D eigenvalue weighted by Gasteiger charge is 2.15. The second-order valence-corrected chi connectivity index (χ2v) is 7.25. The maximum absolute atomic E-state index is 12.5. The largest absolute Gasteiger partial charge is 0.374 e. The lowest BCUT2D eigenvalue weighted by molar-refractivity contribution is 0.0635. The van der Waals surface area contributed by atoms with Crippen LogP contribution in [0, 0.1) is 6.92 Å². The lowest BCUT2D eigenvalue weighted by atomic mass is 10.1. The number of hydrogen-bond donors (Lipinski definition) is 1. The molecule has 0 bridgehead atoms. The summed E-state index contributed by atoms with van der Waals surface area (Å²) in [5.74, 6) is -0.111. The van der Waals surface area contributed by atoms with Gasteiger partial charge in [0.1, 0.15) is 0 Å². The summed E-state index contributed by atoms with van der Waals surface area (Å²) >= 11 is 0. The zero-order chi connectivity index (χ0) is 20.1. The number of fused-ring (bicyclic) bond motifs is 1. The summed E-state index contributed by atoms with van der Waals surface area (Å²) in [5, 5.41) is 8.21. The predicted molar refractivity (Wildman–Crippen MR) is 110 cm³/mol. The van der Waals surface area contributed by atoms with Gasteiger partial charge in [-0.05, 0) is 45.7 Å². The van der Waals surface area contributed by atoms with Crippen LogP contribution in [0.2, 0.25) is 0 Å². The number of aryl methyl sites for hydroxylation is 1. The first-order chi connectivity index (χ1) is 13.5. The first-order valence-corrected chi connectivity index (χ1v) is 9.77. The molecule has 3 rings (SSSR count). The van der Waals surface area contributed by atoms with Crippen LogP contribution in [-0.4, -0.2) is 33.8 Å². The van der Waals surface area contributed by atoms with Gasteiger partial charge in [0, 0.05) is 24.6 Å². The highest BCUT2D eigenvalue weighted by Crippen LogP contribution is 2.19. The lowest BCUT2D eigenvalue weighted by Gasteiger charge is -2.14. The zero-order valence-corrected chi connectivity index (χ0v) is 17.0. The maximum Gasteiger partial charge on any atom is 0.253 e. The number of aromatic nitrogens is 3. The Morgan fingerprint density at radius 2 is 1.96 bits per heavy atom. The van der Waals surface area contributed by atoms with Gasteiger partial charge < -0.3 is 10.1 Å². The van der Waals surface area contributed by atoms with Gasteiger partial charge in [-0.1, -0.05) is 30.3 Å². The maximum atomic E-state index is 12.5. The normalized spacial score (nSPS) is 12.5. The Bertz CT molecular complexity index is 934. The molecule has 0 aliphatic heterocycles. The molecule has 1 aromatic carbocycles. The van der Waals surface area contributed by atoms with Crippen LogP contribution in [0.1, 0.15) is 61.0 Å². The van der Waals surface area contributed by atoms with Gasteiger partial charge >= 0.3 is 0 Å². The minimum atomic E-state index is -0.111. The number of nitrogens with zero attached hydrogens (tertiary/aromatic N) is 3. The predicted octanol–water partition coefficient (Wildman–Crippen LogP) is 4.22. The number of carbonyl (C=O) groups is 1. The summed E-state index contributed by atoms with van der Waals surface area (Å²) in [6.07, 6.45) is 2.56. The van der Waals surface area contributed by atoms with Crippen molar-refractivity contribution in [2.45, 2.75) is 46.3 Å². The molecule has 0 aliphatic rings. The van der Waals surface area contributed by atoms with Crippen molar-refractivity contribution in [3.05, 3.63) is 59.4 Å². The van der Waals surface area contributed by atoms with E-state index in [0.29, 0.717) is 24.4 Å². The van der Waals surface area contributed by atoms with Crippen molar-refractivity contribution in [1.29, 1.82) is 0 Å². The minimum absolute atomic E-state index is 0.0447. The van der Waals surface area contributed by atoms with Gasteiger partial charge in [-0.15, -0.1) is 0 Å². The van der Waals surface area contributed by atoms with E-state index in [1.54, 1.807) is 6.20 Å². The summed E-state index contributed by atoms with van der Waals surface area (Å²) in [5.41, 5.74) is 3.27. The molecule has 0 saturated heterocycles. The molecule has 1 atom stereocenters. The number of amides is 1. The SMILES string of the molecule is Cc1nc2c(cnn2C(C)C)cc1C(=O)NCCCOC(C)c1ccccc1. The third-order valence-electron chi connectivity index (χ3n) is 4.74. The summed E-state index contributed by atoms with van der Waals surface area (Å²) in [6, 6.07) is 12.2. The van der Waals surface area contributed by atoms with Gasteiger partial charge in [-0.2, -0.15) is 5.10 Å². The molecule has 2 heterocycles. The number of benzene rings is 1. The van der Waals surface area contributed by atoms with Crippen LogP contribution in [-0.2, 0) is 4.74 Å². The first-order valence-electron chi connectivity index (χ1n) is 9.77. The van der Waals surface area contributed by atoms with Crippen LogP contribution >= 0.6 is 0 Å². The van der Waals surface area contributed by atoms with E-state index in [1.807, 2.05) is 42.8 Å². The number of hydrogen-bond acceptors (Lipinski definition) is 4. The Labute approximate surface area is 165 Å². The van der Waals surface area contributed by atoms with Gasteiger partial charge in [0.2, 0.25) is 0 Å². The van der Waals surface area contributed by atoms with Crippen molar-refractivity contribution >= 4 is 16.9 Å². The highest BCUT2D eigenvalue weighted by atomic mass is 16.5. The molecule has 0 spiro atoms. The third kappa shape index (κ3) is 4.57. The standard InChI is InChI=1S/C22H28N4O2/c1-15(2)26-21-19(14-24-26)13-20(16(3)25-21)22(27)23-11-8-12-28-17(4)18-9-6-5-7-10-18/h5-7,9-10,13-15,17H,8,11-12H2,1-4H3,(H,23,27). The molecule has 3 aromatic rings. The topological polar surface area (TPSA) is 69.0 Å². The van der Waals surface area contributed by atoms with E-state index in [1.165, 1.54) is 0 Å². The molecule has 0 fully saturated rings. The van der Waals surface area contributed by atoms with Gasteiger partial charge in [-0.3, -0.25) is 4.79 Å². The molecule has 148 valence electrons. The summed E-state index contributed by atoms with van der Waals surface area (Å²) in [6.45, 7) is 9.17. The fourth-order valence-corrected chi connectivity index (χ4v) is 3.12. The number of ether oxygens (including phenoxy) is 1. The molecule has 2 aromatic heterocycles. The molecule has 0 radical (unpaired) electrons. The van der Waals surface area contributed by atoms with Crippen molar-refractivity contribution in [3.8, 4) is 0 Å². The van der Waals surface area contributed by atoms with Crippen molar-refractivity contribution in [2.24, 2.45) is 0 Å². The number of pyridine rings is 1. The van der Waals surface area contributed by atoms with Crippen LogP contribution in [0.15, 0.2) is 42.6 Å². The Hall–Kier alpha value is -2.73. The molecule has 0 aliphatic carbocycles. The van der Waals surface area contributed by atoms with E-state index < -0.39 is 0 Å². The minimum Gasteiger partial charge on any atom is -0.374 e. The molecule has 6 heteroatoms. The first kappa shape index (κ1) is 20.0. The Morgan fingerprint density at radius 1 is 1.21 bits per heavy atom. The third-order valence-corrected chi connectivity index (χ3v) is 4.74. The Morgan fingerprint density at radius 3 is 2.68 bits per heavy atom. The van der Waals surface area contributed by atoms with E-state index in [9.17, 15) is 4.79 Å². The molecule has 28 heavy (non-hydrogen) atoms. The van der Waals surface area contributed by atoms with Crippen LogP contribution in [0.25, 0.3) is 11.0 Å². The average molecular weight is 380 g/mol. The van der Waals surface area contributed by atoms with Gasteiger partial charge in [0.25, 0.3) is 5.91 Å². The second-order valence-electron chi connectivity index (χ2n) is 7.25. The van der Waals surface area contributed by atoms with Gasteiger partial charge in [0.05, 0.1) is 23.6 Å². The molecule has 1 unspecified atom stereocenters. The molecular weight excluding hydrogens is 352 g/mol. The fraction of sp³-hybridized carbons (Fsp3) is 0.409. The highest BCUT2D eigenvalue weighted by molar-refractivity contribution is 5.98. The van der Waals surface area contributed by atoms with Crippen molar-refractivity contribution in [2.75, 3.05) is 13.2 Å². The Kier molecular flexibility index (Phi) is 6.41. The Balaban J connectivity index is 1.52. The van der Waals surface area contributed by atoms with Crippen molar-refractivity contribution in [1.82, 2.24) is 20.1 Å². The summed E-state index contributed by atoms with van der Waals surface area (Å²) in [7, 11) is 0. The van der Waals surface area contributed by atoms with Crippen LogP contribution in [0.3, 0.4) is 0 Å². The average Bonchev–Trinajstić information content (AvgIpc) is 3.10. The molecule has 1 N–H and O–H groups in total. The lowest BCUT2D eigenvalue weighted by Crippen LogP contribution is -2.26. The van der Waals surface area contributed by atoms with E-state index in [2.05, 4.69) is 41.4 Å². The molecule has 0 saturated carbocycles. The number of nitrogens with one attached hydrogen (secondary N) is 1. The number of carbonyl (C=O) groups excluding carboxylic acids is 1. The van der Waals surface area contributed by atoms with Crippen LogP contribution in [0.4, 0.5) is 0 Å². The van der Waals surface area contributed by atoms with Crippen LogP contribution < -0.4 is 5.32 Å².